The Bertz CT molecular complexity index is 505. The molecule has 2 amide bonds. The number of hydrogen-bond acceptors (Lipinski definition) is 4. The number of unbranched alkanes of at least 4 members (excludes halogenated alkanes) is 4. The Morgan fingerprint density at radius 1 is 0.758 bits per heavy atom. The second kappa shape index (κ2) is 22.1. The van der Waals surface area contributed by atoms with E-state index in [1.54, 1.807) is 0 Å². The lowest BCUT2D eigenvalue weighted by atomic mass is 10.1. The van der Waals surface area contributed by atoms with E-state index < -0.39 is 0 Å². The van der Waals surface area contributed by atoms with Crippen LogP contribution in [0.3, 0.4) is 0 Å². The van der Waals surface area contributed by atoms with Crippen molar-refractivity contribution in [3.63, 3.8) is 0 Å². The van der Waals surface area contributed by atoms with Gasteiger partial charge >= 0.3 is 0 Å². The number of rotatable bonds is 21. The molecule has 6 heteroatoms. The number of nitrogens with one attached hydrogen (secondary N) is 2. The monoisotopic (exact) mass is 465 g/mol. The van der Waals surface area contributed by atoms with E-state index in [9.17, 15) is 14.7 Å². The first-order valence-electron chi connectivity index (χ1n) is 13.1. The van der Waals surface area contributed by atoms with Gasteiger partial charge in [0.05, 0.1) is 0 Å². The topological polar surface area (TPSA) is 81.7 Å². The lowest BCUT2D eigenvalue weighted by molar-refractivity contribution is -0.122. The minimum atomic E-state index is 0.0234. The molecule has 3 N–H and O–H groups in total. The van der Waals surface area contributed by atoms with Crippen LogP contribution in [0.15, 0.2) is 24.3 Å². The average molecular weight is 466 g/mol. The molecule has 0 fully saturated rings. The third kappa shape index (κ3) is 20.7. The quantitative estimate of drug-likeness (QED) is 0.169. The van der Waals surface area contributed by atoms with Crippen molar-refractivity contribution in [1.82, 2.24) is 15.5 Å². The summed E-state index contributed by atoms with van der Waals surface area (Å²) < 4.78 is 0. The lowest BCUT2D eigenvalue weighted by Crippen LogP contribution is -2.47. The molecule has 2 unspecified atom stereocenters. The Labute approximate surface area is 203 Å². The Balaban J connectivity index is 4.29. The van der Waals surface area contributed by atoms with Crippen molar-refractivity contribution in [3.8, 4) is 0 Å². The van der Waals surface area contributed by atoms with Gasteiger partial charge in [0.1, 0.15) is 0 Å². The van der Waals surface area contributed by atoms with Gasteiger partial charge in [-0.05, 0) is 71.6 Å². The number of aliphatic hydroxyl groups is 1. The molecule has 6 nitrogen and oxygen atoms in total. The van der Waals surface area contributed by atoms with Crippen LogP contribution in [-0.4, -0.2) is 60.1 Å². The van der Waals surface area contributed by atoms with E-state index in [1.807, 2.05) is 13.8 Å². The number of hydrogen-bond donors (Lipinski definition) is 3. The number of allylic oxidation sites excluding steroid dienone is 4. The van der Waals surface area contributed by atoms with Gasteiger partial charge < -0.3 is 15.7 Å². The molecule has 0 spiro atoms. The van der Waals surface area contributed by atoms with Crippen molar-refractivity contribution in [2.24, 2.45) is 0 Å². The molecule has 0 heterocycles. The number of aliphatic hydroxyl groups excluding tert-OH is 1. The maximum absolute atomic E-state index is 12.2. The fraction of sp³-hybridized carbons (Fsp3) is 0.778. The van der Waals surface area contributed by atoms with Crippen LogP contribution in [0.5, 0.6) is 0 Å². The Morgan fingerprint density at radius 3 is 1.61 bits per heavy atom. The van der Waals surface area contributed by atoms with E-state index in [-0.39, 0.29) is 30.5 Å². The molecular weight excluding hydrogens is 414 g/mol. The molecule has 0 aliphatic rings. The molecule has 0 aromatic rings. The van der Waals surface area contributed by atoms with E-state index in [1.165, 1.54) is 0 Å². The summed E-state index contributed by atoms with van der Waals surface area (Å²) in [6, 6.07) is 0.0468. The number of nitrogens with zero attached hydrogens (tertiary/aromatic N) is 1. The first kappa shape index (κ1) is 31.3. The zero-order chi connectivity index (χ0) is 24.7. The highest BCUT2D eigenvalue weighted by molar-refractivity contribution is 5.76. The normalized spacial score (nSPS) is 13.6. The molecule has 0 rings (SSSR count). The zero-order valence-electron chi connectivity index (χ0n) is 21.8. The fourth-order valence-electron chi connectivity index (χ4n) is 3.78. The van der Waals surface area contributed by atoms with Gasteiger partial charge in [-0.25, -0.2) is 0 Å². The summed E-state index contributed by atoms with van der Waals surface area (Å²) in [4.78, 5) is 26.7. The maximum atomic E-state index is 12.2. The summed E-state index contributed by atoms with van der Waals surface area (Å²) in [5, 5.41) is 15.4. The van der Waals surface area contributed by atoms with Gasteiger partial charge in [0.2, 0.25) is 11.8 Å². The van der Waals surface area contributed by atoms with E-state index in [0.717, 1.165) is 57.9 Å². The van der Waals surface area contributed by atoms with E-state index >= 15 is 0 Å². The smallest absolute Gasteiger partial charge is 0.220 e. The number of carbonyl (C=O) groups excluding carboxylic acids is 2. The SMILES string of the molecule is CC/C=C/CCCCC(=O)NC(C)CN(CCCO)CC(C)NC(=O)CCCC/C=C/CC. The Morgan fingerprint density at radius 2 is 1.21 bits per heavy atom. The van der Waals surface area contributed by atoms with Crippen LogP contribution in [-0.2, 0) is 9.59 Å². The molecular formula is C27H51N3O3. The average Bonchev–Trinajstić information content (AvgIpc) is 2.76. The summed E-state index contributed by atoms with van der Waals surface area (Å²) in [6.07, 6.45) is 18.6. The molecule has 0 saturated carbocycles. The van der Waals surface area contributed by atoms with Crippen LogP contribution >= 0.6 is 0 Å². The highest BCUT2D eigenvalue weighted by Crippen LogP contribution is 2.04. The van der Waals surface area contributed by atoms with Gasteiger partial charge in [-0.1, -0.05) is 38.2 Å². The van der Waals surface area contributed by atoms with Crippen molar-refractivity contribution in [3.05, 3.63) is 24.3 Å². The first-order chi connectivity index (χ1) is 15.9. The molecule has 0 aromatic heterocycles. The summed E-state index contributed by atoms with van der Waals surface area (Å²) in [6.45, 7) is 10.6. The third-order valence-electron chi connectivity index (χ3n) is 5.37. The fourth-order valence-corrected chi connectivity index (χ4v) is 3.78. The minimum Gasteiger partial charge on any atom is -0.396 e. The molecule has 0 radical (unpaired) electrons. The third-order valence-corrected chi connectivity index (χ3v) is 5.37. The van der Waals surface area contributed by atoms with Crippen molar-refractivity contribution in [2.75, 3.05) is 26.2 Å². The summed E-state index contributed by atoms with van der Waals surface area (Å²) in [5.41, 5.74) is 0. The molecule has 2 atom stereocenters. The van der Waals surface area contributed by atoms with Crippen molar-refractivity contribution in [2.45, 2.75) is 110 Å². The Hall–Kier alpha value is -1.66. The van der Waals surface area contributed by atoms with Crippen LogP contribution in [0.25, 0.3) is 0 Å². The second-order valence-corrected chi connectivity index (χ2v) is 9.02. The summed E-state index contributed by atoms with van der Waals surface area (Å²) in [7, 11) is 0. The molecule has 33 heavy (non-hydrogen) atoms. The van der Waals surface area contributed by atoms with Gasteiger partial charge in [-0.2, -0.15) is 0 Å². The van der Waals surface area contributed by atoms with Gasteiger partial charge in [0, 0.05) is 51.2 Å². The Kier molecular flexibility index (Phi) is 21.0. The molecule has 0 saturated heterocycles. The second-order valence-electron chi connectivity index (χ2n) is 9.02. The predicted octanol–water partition coefficient (Wildman–Crippen LogP) is 4.73. The molecule has 192 valence electrons. The van der Waals surface area contributed by atoms with Gasteiger partial charge in [0.25, 0.3) is 0 Å². The van der Waals surface area contributed by atoms with Crippen molar-refractivity contribution in [1.29, 1.82) is 0 Å². The lowest BCUT2D eigenvalue weighted by Gasteiger charge is -2.29. The van der Waals surface area contributed by atoms with Crippen molar-refractivity contribution >= 4 is 11.8 Å². The van der Waals surface area contributed by atoms with Crippen molar-refractivity contribution < 1.29 is 14.7 Å². The first-order valence-corrected chi connectivity index (χ1v) is 13.1. The number of amides is 2. The van der Waals surface area contributed by atoms with E-state index in [4.69, 9.17) is 0 Å². The molecule has 0 aliphatic heterocycles. The zero-order valence-corrected chi connectivity index (χ0v) is 21.8. The highest BCUT2D eigenvalue weighted by Gasteiger charge is 2.16. The van der Waals surface area contributed by atoms with Crippen LogP contribution < -0.4 is 10.6 Å². The van der Waals surface area contributed by atoms with E-state index in [0.29, 0.717) is 32.4 Å². The minimum absolute atomic E-state index is 0.0234. The van der Waals surface area contributed by atoms with Gasteiger partial charge in [0.15, 0.2) is 0 Å². The van der Waals surface area contributed by atoms with Gasteiger partial charge in [-0.15, -0.1) is 0 Å². The summed E-state index contributed by atoms with van der Waals surface area (Å²) in [5.74, 6) is 0.193. The van der Waals surface area contributed by atoms with Crippen LogP contribution in [0.1, 0.15) is 98.3 Å². The van der Waals surface area contributed by atoms with Crippen LogP contribution in [0, 0.1) is 0 Å². The standard InChI is InChI=1S/C27H51N3O3/c1-5-7-9-11-13-15-18-26(32)28-24(3)22-30(20-17-21-31)23-25(4)29-27(33)19-16-14-12-10-8-6-2/h7-10,24-25,31H,5-6,11-23H2,1-4H3,(H,28,32)(H,29,33)/b9-7+,10-8+. The predicted molar refractivity (Wildman–Crippen MR) is 139 cm³/mol. The maximum Gasteiger partial charge on any atom is 0.220 e. The molecule has 0 bridgehead atoms. The van der Waals surface area contributed by atoms with E-state index in [2.05, 4.69) is 53.7 Å². The number of carbonyl (C=O) groups is 2. The molecule has 0 aliphatic carbocycles. The molecule has 0 aromatic carbocycles. The van der Waals surface area contributed by atoms with Gasteiger partial charge in [-0.3, -0.25) is 14.5 Å². The van der Waals surface area contributed by atoms with Crippen LogP contribution in [0.4, 0.5) is 0 Å². The highest BCUT2D eigenvalue weighted by atomic mass is 16.3. The largest absolute Gasteiger partial charge is 0.396 e. The van der Waals surface area contributed by atoms with Crippen LogP contribution in [0.2, 0.25) is 0 Å². The summed E-state index contributed by atoms with van der Waals surface area (Å²) >= 11 is 0.